The molecular formula is C22H18FNO3S. The molecule has 0 heterocycles. The van der Waals surface area contributed by atoms with Crippen LogP contribution in [0.25, 0.3) is 0 Å². The van der Waals surface area contributed by atoms with Gasteiger partial charge in [0.15, 0.2) is 6.10 Å². The minimum Gasteiger partial charge on any atom is -0.449 e. The van der Waals surface area contributed by atoms with Gasteiger partial charge in [-0.05, 0) is 43.3 Å². The number of carbonyl (C=O) groups is 2. The topological polar surface area (TPSA) is 55.4 Å². The van der Waals surface area contributed by atoms with Gasteiger partial charge in [0.1, 0.15) is 5.82 Å². The molecule has 1 amide bonds. The number of anilines is 1. The number of hydrogen-bond donors (Lipinski definition) is 1. The zero-order valence-electron chi connectivity index (χ0n) is 15.1. The summed E-state index contributed by atoms with van der Waals surface area (Å²) >= 11 is 1.51. The Morgan fingerprint density at radius 2 is 1.57 bits per heavy atom. The highest BCUT2D eigenvalue weighted by molar-refractivity contribution is 7.99. The summed E-state index contributed by atoms with van der Waals surface area (Å²) in [5, 5.41) is 2.77. The van der Waals surface area contributed by atoms with E-state index in [9.17, 15) is 14.0 Å². The summed E-state index contributed by atoms with van der Waals surface area (Å²) in [4.78, 5) is 26.5. The van der Waals surface area contributed by atoms with Crippen LogP contribution >= 0.6 is 11.8 Å². The van der Waals surface area contributed by atoms with E-state index in [1.807, 2.05) is 42.5 Å². The molecule has 0 aliphatic carbocycles. The molecule has 0 spiro atoms. The van der Waals surface area contributed by atoms with Crippen LogP contribution in [0.4, 0.5) is 10.1 Å². The highest BCUT2D eigenvalue weighted by atomic mass is 32.2. The van der Waals surface area contributed by atoms with Crippen molar-refractivity contribution < 1.29 is 18.7 Å². The predicted octanol–water partition coefficient (Wildman–Crippen LogP) is 5.16. The average molecular weight is 395 g/mol. The van der Waals surface area contributed by atoms with Gasteiger partial charge in [0.05, 0.1) is 11.3 Å². The van der Waals surface area contributed by atoms with Crippen LogP contribution in [0, 0.1) is 5.82 Å². The number of ether oxygens (including phenoxy) is 1. The second-order valence-electron chi connectivity index (χ2n) is 5.93. The first kappa shape index (κ1) is 19.6. The molecule has 3 aromatic rings. The van der Waals surface area contributed by atoms with E-state index >= 15 is 0 Å². The molecule has 28 heavy (non-hydrogen) atoms. The van der Waals surface area contributed by atoms with E-state index in [4.69, 9.17) is 4.74 Å². The Morgan fingerprint density at radius 1 is 0.929 bits per heavy atom. The lowest BCUT2D eigenvalue weighted by Crippen LogP contribution is -2.30. The van der Waals surface area contributed by atoms with E-state index < -0.39 is 23.8 Å². The van der Waals surface area contributed by atoms with Gasteiger partial charge in [-0.15, -0.1) is 0 Å². The normalized spacial score (nSPS) is 11.5. The second kappa shape index (κ2) is 9.19. The molecule has 0 fully saturated rings. The Kier molecular flexibility index (Phi) is 6.45. The van der Waals surface area contributed by atoms with Crippen molar-refractivity contribution in [1.29, 1.82) is 0 Å². The van der Waals surface area contributed by atoms with Gasteiger partial charge in [-0.1, -0.05) is 54.2 Å². The van der Waals surface area contributed by atoms with E-state index in [-0.39, 0.29) is 5.56 Å². The van der Waals surface area contributed by atoms with Crippen LogP contribution in [0.15, 0.2) is 88.7 Å². The zero-order chi connectivity index (χ0) is 19.9. The van der Waals surface area contributed by atoms with Gasteiger partial charge in [-0.25, -0.2) is 9.18 Å². The largest absolute Gasteiger partial charge is 0.449 e. The fourth-order valence-electron chi connectivity index (χ4n) is 2.41. The van der Waals surface area contributed by atoms with Gasteiger partial charge >= 0.3 is 5.97 Å². The summed E-state index contributed by atoms with van der Waals surface area (Å²) in [6.07, 6.45) is -1.08. The number of halogens is 1. The Labute approximate surface area is 166 Å². The summed E-state index contributed by atoms with van der Waals surface area (Å²) < 4.78 is 18.8. The lowest BCUT2D eigenvalue weighted by Gasteiger charge is -2.15. The minimum absolute atomic E-state index is 0.206. The van der Waals surface area contributed by atoms with Crippen LogP contribution in [0.2, 0.25) is 0 Å². The van der Waals surface area contributed by atoms with Crippen molar-refractivity contribution in [2.75, 3.05) is 5.32 Å². The molecule has 4 nitrogen and oxygen atoms in total. The summed E-state index contributed by atoms with van der Waals surface area (Å²) in [6, 6.07) is 22.6. The van der Waals surface area contributed by atoms with Crippen LogP contribution in [0.3, 0.4) is 0 Å². The first-order valence-electron chi connectivity index (χ1n) is 8.63. The second-order valence-corrected chi connectivity index (χ2v) is 7.04. The number of benzene rings is 3. The summed E-state index contributed by atoms with van der Waals surface area (Å²) in [5.41, 5.74) is 0.400. The molecule has 0 aliphatic heterocycles. The number of amides is 1. The third-order valence-corrected chi connectivity index (χ3v) is 4.95. The first-order valence-corrected chi connectivity index (χ1v) is 9.44. The number of esters is 1. The van der Waals surface area contributed by atoms with Gasteiger partial charge in [-0.2, -0.15) is 0 Å². The molecule has 0 saturated carbocycles. The van der Waals surface area contributed by atoms with Crippen molar-refractivity contribution in [3.8, 4) is 0 Å². The Morgan fingerprint density at radius 3 is 2.32 bits per heavy atom. The Bertz CT molecular complexity index is 978. The maximum atomic E-state index is 13.7. The third-order valence-electron chi connectivity index (χ3n) is 3.86. The first-order chi connectivity index (χ1) is 13.5. The van der Waals surface area contributed by atoms with E-state index in [2.05, 4.69) is 5.32 Å². The molecule has 0 aromatic heterocycles. The van der Waals surface area contributed by atoms with E-state index in [1.165, 1.54) is 43.0 Å². The molecule has 6 heteroatoms. The quantitative estimate of drug-likeness (QED) is 0.586. The molecule has 3 aromatic carbocycles. The fraction of sp³-hybridized carbons (Fsp3) is 0.0909. The standard InChI is InChI=1S/C22H18FNO3S/c1-15(27-22(26)17-11-5-6-12-18(17)23)21(25)24-19-13-7-8-14-20(19)28-16-9-3-2-4-10-16/h2-15H,1H3,(H,24,25)/t15-/m1/s1. The summed E-state index contributed by atoms with van der Waals surface area (Å²) in [5.74, 6) is -2.07. The highest BCUT2D eigenvalue weighted by Crippen LogP contribution is 2.33. The van der Waals surface area contributed by atoms with Gasteiger partial charge in [0.25, 0.3) is 5.91 Å². The minimum atomic E-state index is -1.08. The Balaban J connectivity index is 1.67. The maximum Gasteiger partial charge on any atom is 0.341 e. The SMILES string of the molecule is C[C@@H](OC(=O)c1ccccc1F)C(=O)Nc1ccccc1Sc1ccccc1. The summed E-state index contributed by atoms with van der Waals surface area (Å²) in [6.45, 7) is 1.45. The molecule has 142 valence electrons. The van der Waals surface area contributed by atoms with Gasteiger partial charge in [0.2, 0.25) is 0 Å². The fourth-order valence-corrected chi connectivity index (χ4v) is 3.34. The molecule has 1 atom stereocenters. The van der Waals surface area contributed by atoms with Crippen molar-refractivity contribution in [1.82, 2.24) is 0 Å². The van der Waals surface area contributed by atoms with E-state index in [0.717, 1.165) is 9.79 Å². The molecule has 1 N–H and O–H groups in total. The maximum absolute atomic E-state index is 13.7. The van der Waals surface area contributed by atoms with Gasteiger partial charge in [-0.3, -0.25) is 4.79 Å². The smallest absolute Gasteiger partial charge is 0.341 e. The zero-order valence-corrected chi connectivity index (χ0v) is 15.9. The van der Waals surface area contributed by atoms with E-state index in [1.54, 1.807) is 12.1 Å². The molecule has 0 aliphatic rings. The molecule has 0 bridgehead atoms. The number of nitrogens with one attached hydrogen (secondary N) is 1. The summed E-state index contributed by atoms with van der Waals surface area (Å²) in [7, 11) is 0. The van der Waals surface area contributed by atoms with Crippen molar-refractivity contribution in [3.05, 3.63) is 90.2 Å². The number of hydrogen-bond acceptors (Lipinski definition) is 4. The number of carbonyl (C=O) groups excluding carboxylic acids is 2. The number of para-hydroxylation sites is 1. The van der Waals surface area contributed by atoms with Crippen molar-refractivity contribution >= 4 is 29.3 Å². The highest BCUT2D eigenvalue weighted by Gasteiger charge is 2.21. The van der Waals surface area contributed by atoms with Crippen LogP contribution in [-0.4, -0.2) is 18.0 Å². The Hall–Kier alpha value is -3.12. The van der Waals surface area contributed by atoms with Gasteiger partial charge in [0, 0.05) is 9.79 Å². The molecule has 0 radical (unpaired) electrons. The lowest BCUT2D eigenvalue weighted by atomic mass is 10.2. The molecule has 3 rings (SSSR count). The van der Waals surface area contributed by atoms with Crippen LogP contribution in [0.1, 0.15) is 17.3 Å². The van der Waals surface area contributed by atoms with Crippen LogP contribution < -0.4 is 5.32 Å². The molecule has 0 saturated heterocycles. The monoisotopic (exact) mass is 395 g/mol. The van der Waals surface area contributed by atoms with Gasteiger partial charge < -0.3 is 10.1 Å². The van der Waals surface area contributed by atoms with Crippen molar-refractivity contribution in [2.45, 2.75) is 22.8 Å². The third kappa shape index (κ3) is 4.98. The number of rotatable bonds is 6. The molecule has 0 unspecified atom stereocenters. The lowest BCUT2D eigenvalue weighted by molar-refractivity contribution is -0.123. The predicted molar refractivity (Wildman–Crippen MR) is 107 cm³/mol. The van der Waals surface area contributed by atoms with E-state index in [0.29, 0.717) is 5.69 Å². The van der Waals surface area contributed by atoms with Crippen molar-refractivity contribution in [3.63, 3.8) is 0 Å². The molecular weight excluding hydrogens is 377 g/mol. The van der Waals surface area contributed by atoms with Crippen molar-refractivity contribution in [2.24, 2.45) is 0 Å². The van der Waals surface area contributed by atoms with Crippen LogP contribution in [-0.2, 0) is 9.53 Å². The van der Waals surface area contributed by atoms with Crippen LogP contribution in [0.5, 0.6) is 0 Å². The average Bonchev–Trinajstić information content (AvgIpc) is 2.70.